The highest BCUT2D eigenvalue weighted by atomic mass is 32.2. The van der Waals surface area contributed by atoms with Gasteiger partial charge in [-0.15, -0.1) is 4.72 Å². The minimum Gasteiger partial charge on any atom is -0.598 e. The number of rotatable bonds is 12. The Balaban J connectivity index is 1.50. The van der Waals surface area contributed by atoms with E-state index in [0.29, 0.717) is 32.0 Å². The predicted octanol–water partition coefficient (Wildman–Crippen LogP) is 0.492. The molecule has 1 saturated heterocycles. The van der Waals surface area contributed by atoms with Gasteiger partial charge in [-0.3, -0.25) is 14.5 Å². The summed E-state index contributed by atoms with van der Waals surface area (Å²) in [6.45, 7) is 5.90. The lowest BCUT2D eigenvalue weighted by molar-refractivity contribution is -0.129. The Labute approximate surface area is 223 Å². The third-order valence-corrected chi connectivity index (χ3v) is 7.34. The number of likely N-dealkylation sites (tertiary alicyclic amines) is 1. The summed E-state index contributed by atoms with van der Waals surface area (Å²) in [5.74, 6) is 0.606. The van der Waals surface area contributed by atoms with Crippen LogP contribution in [0.3, 0.4) is 0 Å². The van der Waals surface area contributed by atoms with Crippen LogP contribution in [0.2, 0.25) is 0 Å². The number of nitrogens with zero attached hydrogens (tertiary/aromatic N) is 3. The Morgan fingerprint density at radius 3 is 2.62 bits per heavy atom. The molecular formula is C26H41N7O3S. The molecule has 2 heterocycles. The van der Waals surface area contributed by atoms with Gasteiger partial charge < -0.3 is 25.4 Å². The number of carbonyl (C=O) groups excluding carboxylic acids is 2. The van der Waals surface area contributed by atoms with Crippen LogP contribution in [-0.2, 0) is 33.9 Å². The molecule has 204 valence electrons. The quantitative estimate of drug-likeness (QED) is 0.176. The van der Waals surface area contributed by atoms with Crippen LogP contribution < -0.4 is 20.7 Å². The Morgan fingerprint density at radius 2 is 1.95 bits per heavy atom. The largest absolute Gasteiger partial charge is 0.598 e. The minimum atomic E-state index is -1.19. The van der Waals surface area contributed by atoms with Gasteiger partial charge in [-0.05, 0) is 36.5 Å². The van der Waals surface area contributed by atoms with Crippen molar-refractivity contribution in [1.29, 1.82) is 0 Å². The van der Waals surface area contributed by atoms with E-state index >= 15 is 0 Å². The van der Waals surface area contributed by atoms with Gasteiger partial charge in [0, 0.05) is 77.1 Å². The standard InChI is InChI=1S/C26H41N7O3S/c1-20(34)33-14-11-23(12-15-33)30-25(29-19-27-2)8-9-26(35)28-16-24(31-37(3)36)18-32-13-10-21-6-4-5-7-22(21)17-32/h4-8,19,23-24,30-31H,9-18H2,1-3H3,(H,27,29)(H,28,35)/b25-8+/t24-,37?/m0/s1. The van der Waals surface area contributed by atoms with Crippen molar-refractivity contribution in [1.82, 2.24) is 30.5 Å². The van der Waals surface area contributed by atoms with Crippen molar-refractivity contribution in [3.8, 4) is 0 Å². The van der Waals surface area contributed by atoms with Crippen molar-refractivity contribution in [2.24, 2.45) is 4.99 Å². The Kier molecular flexibility index (Phi) is 11.7. The van der Waals surface area contributed by atoms with E-state index in [4.69, 9.17) is 0 Å². The van der Waals surface area contributed by atoms with E-state index in [0.717, 1.165) is 32.4 Å². The molecule has 0 bridgehead atoms. The first-order valence-corrected chi connectivity index (χ1v) is 14.5. The lowest BCUT2D eigenvalue weighted by Gasteiger charge is -2.32. The van der Waals surface area contributed by atoms with E-state index in [2.05, 4.69) is 54.8 Å². The molecule has 1 aromatic carbocycles. The number of piperidine rings is 1. The summed E-state index contributed by atoms with van der Waals surface area (Å²) >= 11 is -1.19. The van der Waals surface area contributed by atoms with Crippen molar-refractivity contribution >= 4 is 29.5 Å². The van der Waals surface area contributed by atoms with Gasteiger partial charge in [0.1, 0.15) is 12.1 Å². The van der Waals surface area contributed by atoms with Crippen molar-refractivity contribution in [3.05, 3.63) is 47.3 Å². The number of fused-ring (bicyclic) bond motifs is 1. The number of aliphatic imine (C=N–C) groups is 1. The van der Waals surface area contributed by atoms with Crippen molar-refractivity contribution in [2.75, 3.05) is 46.0 Å². The number of nitrogens with one attached hydrogen (secondary N) is 4. The lowest BCUT2D eigenvalue weighted by atomic mass is 9.99. The molecule has 10 nitrogen and oxygen atoms in total. The molecule has 0 saturated carbocycles. The summed E-state index contributed by atoms with van der Waals surface area (Å²) in [7, 11) is 1.77. The molecule has 1 fully saturated rings. The van der Waals surface area contributed by atoms with Gasteiger partial charge in [-0.25, -0.2) is 4.99 Å². The molecule has 4 N–H and O–H groups in total. The molecule has 0 aromatic heterocycles. The zero-order chi connectivity index (χ0) is 26.6. The molecule has 2 amide bonds. The van der Waals surface area contributed by atoms with Crippen molar-refractivity contribution in [3.63, 3.8) is 0 Å². The van der Waals surface area contributed by atoms with Crippen molar-refractivity contribution in [2.45, 2.75) is 51.2 Å². The lowest BCUT2D eigenvalue weighted by Crippen LogP contribution is -2.50. The highest BCUT2D eigenvalue weighted by Crippen LogP contribution is 2.18. The number of hydrogen-bond acceptors (Lipinski definition) is 7. The van der Waals surface area contributed by atoms with E-state index in [1.165, 1.54) is 11.1 Å². The Hall–Kier alpha value is -2.60. The first kappa shape index (κ1) is 29.0. The van der Waals surface area contributed by atoms with E-state index in [1.54, 1.807) is 32.6 Å². The maximum Gasteiger partial charge on any atom is 0.224 e. The molecule has 2 atom stereocenters. The second-order valence-electron chi connectivity index (χ2n) is 9.59. The van der Waals surface area contributed by atoms with E-state index in [1.807, 2.05) is 4.90 Å². The molecule has 0 radical (unpaired) electrons. The topological polar surface area (TPSA) is 124 Å². The molecule has 2 aliphatic heterocycles. The third-order valence-electron chi connectivity index (χ3n) is 6.67. The third kappa shape index (κ3) is 9.99. The van der Waals surface area contributed by atoms with Gasteiger partial charge in [0.05, 0.1) is 12.4 Å². The van der Waals surface area contributed by atoms with Crippen LogP contribution >= 0.6 is 0 Å². The maximum atomic E-state index is 12.7. The zero-order valence-electron chi connectivity index (χ0n) is 22.2. The molecule has 11 heteroatoms. The number of hydrogen-bond donors (Lipinski definition) is 4. The summed E-state index contributed by atoms with van der Waals surface area (Å²) in [5.41, 5.74) is 2.71. The second kappa shape index (κ2) is 15.0. The molecule has 37 heavy (non-hydrogen) atoms. The van der Waals surface area contributed by atoms with Crippen LogP contribution in [0.5, 0.6) is 0 Å². The highest BCUT2D eigenvalue weighted by molar-refractivity contribution is 7.88. The summed E-state index contributed by atoms with van der Waals surface area (Å²) in [4.78, 5) is 32.8. The molecule has 0 aliphatic carbocycles. The average molecular weight is 532 g/mol. The zero-order valence-corrected chi connectivity index (χ0v) is 23.0. The molecule has 0 spiro atoms. The van der Waals surface area contributed by atoms with Crippen LogP contribution in [0.15, 0.2) is 41.2 Å². The van der Waals surface area contributed by atoms with Gasteiger partial charge in [0.15, 0.2) is 0 Å². The molecule has 2 aliphatic rings. The van der Waals surface area contributed by atoms with Gasteiger partial charge >= 0.3 is 0 Å². The van der Waals surface area contributed by atoms with Crippen LogP contribution in [0.4, 0.5) is 0 Å². The normalized spacial score (nSPS) is 18.8. The number of carbonyl (C=O) groups is 2. The molecule has 1 unspecified atom stereocenters. The van der Waals surface area contributed by atoms with Gasteiger partial charge in [-0.1, -0.05) is 24.3 Å². The van der Waals surface area contributed by atoms with Gasteiger partial charge in [-0.2, -0.15) is 0 Å². The van der Waals surface area contributed by atoms with Crippen LogP contribution in [0.1, 0.15) is 37.3 Å². The van der Waals surface area contributed by atoms with E-state index in [9.17, 15) is 14.1 Å². The van der Waals surface area contributed by atoms with Crippen molar-refractivity contribution < 1.29 is 14.1 Å². The Morgan fingerprint density at radius 1 is 1.22 bits per heavy atom. The fourth-order valence-electron chi connectivity index (χ4n) is 4.73. The summed E-state index contributed by atoms with van der Waals surface area (Å²) in [6, 6.07) is 8.54. The number of benzene rings is 1. The summed E-state index contributed by atoms with van der Waals surface area (Å²) in [5, 5.41) is 9.27. The highest BCUT2D eigenvalue weighted by Gasteiger charge is 2.23. The molecular weight excluding hydrogens is 490 g/mol. The maximum absolute atomic E-state index is 12.7. The first-order chi connectivity index (χ1) is 17.8. The SMILES string of the molecule is CN/C=N\C(=C/CC(=O)NC[C@@H](CN1CCc2ccccc2C1)N[S+](C)[O-])NC1CCN(C(C)=O)CC1. The smallest absolute Gasteiger partial charge is 0.224 e. The Bertz CT molecular complexity index is 948. The summed E-state index contributed by atoms with van der Waals surface area (Å²) < 4.78 is 15.0. The fraction of sp³-hybridized carbons (Fsp3) is 0.577. The first-order valence-electron chi connectivity index (χ1n) is 12.9. The molecule has 3 rings (SSSR count). The van der Waals surface area contributed by atoms with Crippen LogP contribution in [0, 0.1) is 0 Å². The minimum absolute atomic E-state index is 0.101. The monoisotopic (exact) mass is 531 g/mol. The predicted molar refractivity (Wildman–Crippen MR) is 148 cm³/mol. The van der Waals surface area contributed by atoms with E-state index < -0.39 is 11.4 Å². The van der Waals surface area contributed by atoms with E-state index in [-0.39, 0.29) is 30.3 Å². The van der Waals surface area contributed by atoms with Gasteiger partial charge in [0.25, 0.3) is 0 Å². The van der Waals surface area contributed by atoms with Gasteiger partial charge in [0.2, 0.25) is 11.8 Å². The number of amides is 2. The fourth-order valence-corrected chi connectivity index (χ4v) is 5.36. The molecule has 1 aromatic rings. The second-order valence-corrected chi connectivity index (χ2v) is 10.7. The summed E-state index contributed by atoms with van der Waals surface area (Å²) in [6.07, 6.45) is 7.81. The van der Waals surface area contributed by atoms with Crippen LogP contribution in [0.25, 0.3) is 0 Å². The van der Waals surface area contributed by atoms with Crippen LogP contribution in [-0.4, -0.2) is 90.6 Å². The average Bonchev–Trinajstić information content (AvgIpc) is 2.88.